The number of carbonyl (C=O) groups is 1. The van der Waals surface area contributed by atoms with Gasteiger partial charge in [0.05, 0.1) is 17.2 Å². The van der Waals surface area contributed by atoms with Crippen LogP contribution < -0.4 is 0 Å². The smallest absolute Gasteiger partial charge is 0.418 e. The highest BCUT2D eigenvalue weighted by molar-refractivity contribution is 5.74. The lowest BCUT2D eigenvalue weighted by Crippen LogP contribution is -2.13. The molecule has 1 heterocycles. The van der Waals surface area contributed by atoms with Crippen molar-refractivity contribution in [3.05, 3.63) is 35.7 Å². The van der Waals surface area contributed by atoms with Gasteiger partial charge in [-0.25, -0.2) is 0 Å². The first-order chi connectivity index (χ1) is 9.89. The summed E-state index contributed by atoms with van der Waals surface area (Å²) in [5.74, 6) is -1.97. The Hall–Kier alpha value is -2.45. The first kappa shape index (κ1) is 13.5. The Morgan fingerprint density at radius 3 is 2.67 bits per heavy atom. The maximum absolute atomic E-state index is 13.0. The Kier molecular flexibility index (Phi) is 2.92. The number of hydrogen-bond donors (Lipinski definition) is 1. The first-order valence-corrected chi connectivity index (χ1v) is 6.07. The summed E-state index contributed by atoms with van der Waals surface area (Å²) in [7, 11) is 0. The van der Waals surface area contributed by atoms with Gasteiger partial charge in [-0.3, -0.25) is 4.79 Å². The van der Waals surface area contributed by atoms with Crippen molar-refractivity contribution in [1.29, 1.82) is 0 Å². The Bertz CT molecular complexity index is 698. The summed E-state index contributed by atoms with van der Waals surface area (Å²) in [6, 6.07) is 4.90. The van der Waals surface area contributed by atoms with Gasteiger partial charge in [-0.05, 0) is 29.0 Å². The maximum atomic E-state index is 13.0. The molecule has 2 unspecified atom stereocenters. The number of halogens is 3. The van der Waals surface area contributed by atoms with Crippen LogP contribution in [0.4, 0.5) is 13.2 Å². The highest BCUT2D eigenvalue weighted by Gasteiger charge is 2.48. The number of aliphatic carboxylic acids is 1. The summed E-state index contributed by atoms with van der Waals surface area (Å²) >= 11 is 0. The topological polar surface area (TPSA) is 80.9 Å². The van der Waals surface area contributed by atoms with Crippen molar-refractivity contribution in [2.75, 3.05) is 0 Å². The maximum Gasteiger partial charge on any atom is 0.418 e. The third-order valence-corrected chi connectivity index (χ3v) is 3.37. The molecular weight excluding hydrogens is 289 g/mol. The van der Waals surface area contributed by atoms with Gasteiger partial charge in [0.25, 0.3) is 0 Å². The first-order valence-electron chi connectivity index (χ1n) is 6.07. The van der Waals surface area contributed by atoms with E-state index in [1.807, 2.05) is 0 Å². The third kappa shape index (κ3) is 2.34. The number of aromatic nitrogens is 4. The van der Waals surface area contributed by atoms with E-state index >= 15 is 0 Å². The van der Waals surface area contributed by atoms with Gasteiger partial charge in [-0.15, -0.1) is 5.10 Å². The largest absolute Gasteiger partial charge is 0.481 e. The molecule has 1 fully saturated rings. The van der Waals surface area contributed by atoms with Crippen molar-refractivity contribution >= 4 is 5.97 Å². The fraction of sp³-hybridized carbons (Fsp3) is 0.333. The molecule has 1 aromatic heterocycles. The van der Waals surface area contributed by atoms with Gasteiger partial charge < -0.3 is 5.11 Å². The molecule has 0 bridgehead atoms. The van der Waals surface area contributed by atoms with Gasteiger partial charge in [0.1, 0.15) is 0 Å². The summed E-state index contributed by atoms with van der Waals surface area (Å²) in [5.41, 5.74) is -1.08. The van der Waals surface area contributed by atoms with Crippen molar-refractivity contribution in [3.63, 3.8) is 0 Å². The average Bonchev–Trinajstić information content (AvgIpc) is 3.08. The monoisotopic (exact) mass is 298 g/mol. The minimum atomic E-state index is -4.55. The predicted molar refractivity (Wildman–Crippen MR) is 62.6 cm³/mol. The second kappa shape index (κ2) is 4.54. The molecule has 1 aliphatic rings. The van der Waals surface area contributed by atoms with Crippen LogP contribution in [0.25, 0.3) is 5.69 Å². The van der Waals surface area contributed by atoms with Crippen LogP contribution in [0, 0.1) is 5.92 Å². The van der Waals surface area contributed by atoms with E-state index < -0.39 is 29.5 Å². The van der Waals surface area contributed by atoms with Gasteiger partial charge in [-0.2, -0.15) is 17.9 Å². The van der Waals surface area contributed by atoms with Gasteiger partial charge in [0.2, 0.25) is 0 Å². The van der Waals surface area contributed by atoms with Gasteiger partial charge in [0, 0.05) is 5.92 Å². The van der Waals surface area contributed by atoms with Crippen LogP contribution in [-0.2, 0) is 11.0 Å². The number of nitrogens with zero attached hydrogens (tertiary/aromatic N) is 4. The number of rotatable bonds is 3. The molecule has 21 heavy (non-hydrogen) atoms. The molecule has 6 nitrogen and oxygen atoms in total. The molecule has 1 N–H and O–H groups in total. The zero-order valence-electron chi connectivity index (χ0n) is 10.4. The van der Waals surface area contributed by atoms with Crippen molar-refractivity contribution in [2.24, 2.45) is 5.92 Å². The van der Waals surface area contributed by atoms with Crippen LogP contribution in [0.2, 0.25) is 0 Å². The van der Waals surface area contributed by atoms with Crippen LogP contribution >= 0.6 is 0 Å². The average molecular weight is 298 g/mol. The molecule has 9 heteroatoms. The predicted octanol–water partition coefficient (Wildman–Crippen LogP) is 1.87. The van der Waals surface area contributed by atoms with Crippen LogP contribution in [0.5, 0.6) is 0 Å². The number of tetrazole rings is 1. The Balaban J connectivity index is 2.04. The lowest BCUT2D eigenvalue weighted by atomic mass is 10.1. The fourth-order valence-corrected chi connectivity index (χ4v) is 2.25. The molecule has 1 aliphatic carbocycles. The molecule has 1 saturated carbocycles. The number of alkyl halides is 3. The van der Waals surface area contributed by atoms with Gasteiger partial charge in [-0.1, -0.05) is 12.1 Å². The number of carboxylic acids is 1. The second-order valence-corrected chi connectivity index (χ2v) is 4.75. The van der Waals surface area contributed by atoms with Crippen molar-refractivity contribution in [3.8, 4) is 5.69 Å². The lowest BCUT2D eigenvalue weighted by molar-refractivity contribution is -0.139. The molecule has 0 amide bonds. The molecule has 0 radical (unpaired) electrons. The minimum absolute atomic E-state index is 0.138. The molecule has 110 valence electrons. The molecule has 1 aromatic carbocycles. The van der Waals surface area contributed by atoms with E-state index in [4.69, 9.17) is 5.11 Å². The zero-order valence-corrected chi connectivity index (χ0v) is 10.4. The fourth-order valence-electron chi connectivity index (χ4n) is 2.25. The summed E-state index contributed by atoms with van der Waals surface area (Å²) in [4.78, 5) is 10.9. The molecule has 3 rings (SSSR count). The van der Waals surface area contributed by atoms with Crippen molar-refractivity contribution in [1.82, 2.24) is 20.2 Å². The summed E-state index contributed by atoms with van der Waals surface area (Å²) in [6.07, 6.45) is -4.22. The van der Waals surface area contributed by atoms with E-state index in [2.05, 4.69) is 15.5 Å². The number of hydrogen-bond acceptors (Lipinski definition) is 4. The SMILES string of the molecule is O=C(O)C1CC1c1nnnn1-c1ccccc1C(F)(F)F. The van der Waals surface area contributed by atoms with Crippen LogP contribution in [0.15, 0.2) is 24.3 Å². The highest BCUT2D eigenvalue weighted by atomic mass is 19.4. The molecule has 0 aliphatic heterocycles. The highest BCUT2D eigenvalue weighted by Crippen LogP contribution is 2.47. The lowest BCUT2D eigenvalue weighted by Gasteiger charge is -2.12. The minimum Gasteiger partial charge on any atom is -0.481 e. The summed E-state index contributed by atoms with van der Waals surface area (Å²) in [5, 5.41) is 19.5. The Morgan fingerprint density at radius 2 is 2.05 bits per heavy atom. The molecule has 2 aromatic rings. The third-order valence-electron chi connectivity index (χ3n) is 3.37. The van der Waals surface area contributed by atoms with E-state index in [1.54, 1.807) is 0 Å². The molecule has 0 spiro atoms. The van der Waals surface area contributed by atoms with Crippen LogP contribution in [0.1, 0.15) is 23.7 Å². The van der Waals surface area contributed by atoms with Crippen LogP contribution in [0.3, 0.4) is 0 Å². The quantitative estimate of drug-likeness (QED) is 0.935. The van der Waals surface area contributed by atoms with E-state index in [1.165, 1.54) is 18.2 Å². The summed E-state index contributed by atoms with van der Waals surface area (Å²) in [6.45, 7) is 0. The molecule has 0 saturated heterocycles. The summed E-state index contributed by atoms with van der Waals surface area (Å²) < 4.78 is 40.0. The standard InChI is InChI=1S/C12H9F3N4O2/c13-12(14,15)8-3-1-2-4-9(8)19-10(16-17-18-19)6-5-7(6)11(20)21/h1-4,6-7H,5H2,(H,20,21). The van der Waals surface area contributed by atoms with E-state index in [0.717, 1.165) is 10.7 Å². The molecular formula is C12H9F3N4O2. The Labute approximate surface area is 116 Å². The van der Waals surface area contributed by atoms with E-state index in [-0.39, 0.29) is 11.5 Å². The second-order valence-electron chi connectivity index (χ2n) is 4.75. The number of carboxylic acid groups (broad SMARTS) is 1. The molecule has 2 atom stereocenters. The zero-order chi connectivity index (χ0) is 15.2. The van der Waals surface area contributed by atoms with Crippen LogP contribution in [-0.4, -0.2) is 31.3 Å². The van der Waals surface area contributed by atoms with E-state index in [9.17, 15) is 18.0 Å². The van der Waals surface area contributed by atoms with Gasteiger partial charge in [0.15, 0.2) is 5.82 Å². The van der Waals surface area contributed by atoms with Crippen molar-refractivity contribution < 1.29 is 23.1 Å². The number of benzene rings is 1. The Morgan fingerprint density at radius 1 is 1.33 bits per heavy atom. The van der Waals surface area contributed by atoms with E-state index in [0.29, 0.717) is 6.42 Å². The van der Waals surface area contributed by atoms with Crippen molar-refractivity contribution in [2.45, 2.75) is 18.5 Å². The normalized spacial score (nSPS) is 21.3. The van der Waals surface area contributed by atoms with Gasteiger partial charge >= 0.3 is 12.1 Å². The number of para-hydroxylation sites is 1.